The van der Waals surface area contributed by atoms with Crippen molar-refractivity contribution in [3.63, 3.8) is 0 Å². The van der Waals surface area contributed by atoms with Gasteiger partial charge in [0.05, 0.1) is 19.4 Å². The summed E-state index contributed by atoms with van der Waals surface area (Å²) < 4.78 is 92.2. The van der Waals surface area contributed by atoms with E-state index < -0.39 is 70.6 Å². The van der Waals surface area contributed by atoms with Gasteiger partial charge in [0.15, 0.2) is 28.4 Å². The SMILES string of the molecule is CSCCNc1nc(SCCC(F)(F)F)nc2c1ncn2[C@@H]1O[C@H](COP2(=O)OP(=O)(O)C(Cl)(Cl)P(=O)(O)O2)C(O)[C@@H]1O. The maximum absolute atomic E-state index is 12.8. The van der Waals surface area contributed by atoms with Gasteiger partial charge in [-0.05, 0) is 6.26 Å². The van der Waals surface area contributed by atoms with Gasteiger partial charge in [-0.15, -0.1) is 0 Å². The van der Waals surface area contributed by atoms with E-state index in [2.05, 4.69) is 28.9 Å². The minimum atomic E-state index is -5.48. The van der Waals surface area contributed by atoms with E-state index in [4.69, 9.17) is 32.5 Å². The Kier molecular flexibility index (Phi) is 10.9. The van der Waals surface area contributed by atoms with Crippen molar-refractivity contribution in [1.29, 1.82) is 0 Å². The van der Waals surface area contributed by atoms with E-state index in [0.29, 0.717) is 12.3 Å². The van der Waals surface area contributed by atoms with E-state index >= 15 is 0 Å². The molecule has 2 saturated heterocycles. The molecule has 26 heteroatoms. The van der Waals surface area contributed by atoms with Crippen LogP contribution in [-0.4, -0.2) is 98.7 Å². The lowest BCUT2D eigenvalue weighted by molar-refractivity contribution is -0.129. The maximum Gasteiger partial charge on any atom is 0.489 e. The molecular formula is C17H23Cl2F3N5O11P3S2. The largest absolute Gasteiger partial charge is 0.489 e. The van der Waals surface area contributed by atoms with Crippen LogP contribution in [0.15, 0.2) is 11.5 Å². The molecule has 0 aromatic carbocycles. The van der Waals surface area contributed by atoms with Crippen molar-refractivity contribution in [3.8, 4) is 0 Å². The molecule has 2 aliphatic rings. The van der Waals surface area contributed by atoms with Gasteiger partial charge in [-0.1, -0.05) is 35.0 Å². The number of rotatable bonds is 11. The van der Waals surface area contributed by atoms with Crippen molar-refractivity contribution in [3.05, 3.63) is 6.33 Å². The molecule has 4 heterocycles. The van der Waals surface area contributed by atoms with Crippen LogP contribution in [0.3, 0.4) is 0 Å². The second-order valence-corrected chi connectivity index (χ2v) is 19.5. The summed E-state index contributed by atoms with van der Waals surface area (Å²) in [5.41, 5.74) is 0.187. The van der Waals surface area contributed by atoms with Crippen molar-refractivity contribution < 1.29 is 64.7 Å². The number of fused-ring (bicyclic) bond motifs is 1. The number of alkyl halides is 5. The molecule has 43 heavy (non-hydrogen) atoms. The molecule has 16 nitrogen and oxygen atoms in total. The van der Waals surface area contributed by atoms with Crippen LogP contribution in [0.1, 0.15) is 12.6 Å². The molecule has 244 valence electrons. The molecule has 5 N–H and O–H groups in total. The summed E-state index contributed by atoms with van der Waals surface area (Å²) >= 11 is 13.1. The van der Waals surface area contributed by atoms with E-state index in [1.165, 1.54) is 22.7 Å². The first-order valence-corrected chi connectivity index (χ1v) is 19.5. The normalized spacial score (nSPS) is 34.6. The highest BCUT2D eigenvalue weighted by Crippen LogP contribution is 2.90. The number of ether oxygens (including phenoxy) is 1. The van der Waals surface area contributed by atoms with Gasteiger partial charge in [0.1, 0.15) is 18.3 Å². The molecule has 2 aromatic heterocycles. The number of hydrogen-bond acceptors (Lipinski definition) is 15. The fourth-order valence-electron chi connectivity index (χ4n) is 3.65. The van der Waals surface area contributed by atoms with Gasteiger partial charge in [0.25, 0.3) is 0 Å². The van der Waals surface area contributed by atoms with Gasteiger partial charge in [-0.3, -0.25) is 18.2 Å². The van der Waals surface area contributed by atoms with E-state index in [9.17, 15) is 46.9 Å². The summed E-state index contributed by atoms with van der Waals surface area (Å²) in [4.78, 5) is 32.4. The number of thioether (sulfide) groups is 2. The molecule has 0 saturated carbocycles. The average Bonchev–Trinajstić information content (AvgIpc) is 3.41. The average molecular weight is 758 g/mol. The Bertz CT molecular complexity index is 1460. The first-order valence-electron chi connectivity index (χ1n) is 11.7. The summed E-state index contributed by atoms with van der Waals surface area (Å²) in [6.45, 7) is -0.557. The molecular weight excluding hydrogens is 735 g/mol. The van der Waals surface area contributed by atoms with Gasteiger partial charge >= 0.3 is 33.0 Å². The quantitative estimate of drug-likeness (QED) is 0.0720. The fraction of sp³-hybridized carbons (Fsp3) is 0.706. The first-order chi connectivity index (χ1) is 19.8. The number of imidazole rings is 1. The van der Waals surface area contributed by atoms with Crippen LogP contribution in [0, 0.1) is 0 Å². The summed E-state index contributed by atoms with van der Waals surface area (Å²) in [6.07, 6.45) is -8.96. The standard InChI is InChI=1S/C17H23Cl2F3N5O11P3S2/c1-42-5-3-23-12-9-13(26-15(25-12)43-4-2-16(20,21)22)27(7-24-9)14-11(29)10(28)8(36-14)6-35-41(34)37-39(30,31)17(18,19)40(32,33)38-41/h7-8,10-11,14,28-29H,2-6H2,1H3,(H,30,31)(H,32,33)(H,23,25,26)/t8-,10?,11+,14-/m1/s1. The Hall–Kier alpha value is -0.210. The van der Waals surface area contributed by atoms with Crippen molar-refractivity contribution in [2.24, 2.45) is 0 Å². The van der Waals surface area contributed by atoms with Gasteiger partial charge in [0, 0.05) is 18.1 Å². The fourth-order valence-corrected chi connectivity index (χ4v) is 11.9. The van der Waals surface area contributed by atoms with E-state index in [1.54, 1.807) is 0 Å². The number of aromatic nitrogens is 4. The monoisotopic (exact) mass is 757 g/mol. The molecule has 0 bridgehead atoms. The van der Waals surface area contributed by atoms with E-state index in [-0.39, 0.29) is 27.9 Å². The number of anilines is 1. The molecule has 0 radical (unpaired) electrons. The highest BCUT2D eigenvalue weighted by Gasteiger charge is 2.70. The molecule has 2 aliphatic heterocycles. The Morgan fingerprint density at radius 3 is 2.40 bits per heavy atom. The van der Waals surface area contributed by atoms with Crippen LogP contribution in [0.25, 0.3) is 11.2 Å². The second-order valence-electron chi connectivity index (χ2n) is 8.81. The lowest BCUT2D eigenvalue weighted by Gasteiger charge is -2.35. The minimum absolute atomic E-state index is 0.0173. The van der Waals surface area contributed by atoms with Crippen LogP contribution in [0.4, 0.5) is 19.0 Å². The molecule has 3 unspecified atom stereocenters. The summed E-state index contributed by atoms with van der Waals surface area (Å²) in [6, 6.07) is 0. The van der Waals surface area contributed by atoms with Gasteiger partial charge < -0.3 is 30.1 Å². The van der Waals surface area contributed by atoms with Crippen LogP contribution in [0.2, 0.25) is 0 Å². The van der Waals surface area contributed by atoms with Crippen molar-refractivity contribution in [2.45, 2.75) is 46.1 Å². The van der Waals surface area contributed by atoms with E-state index in [0.717, 1.165) is 11.8 Å². The maximum atomic E-state index is 12.8. The third-order valence-electron chi connectivity index (χ3n) is 5.73. The zero-order valence-corrected chi connectivity index (χ0v) is 27.2. The van der Waals surface area contributed by atoms with Crippen molar-refractivity contribution >= 4 is 86.7 Å². The lowest BCUT2D eigenvalue weighted by Crippen LogP contribution is -2.34. The van der Waals surface area contributed by atoms with E-state index in [1.807, 2.05) is 6.26 Å². The first kappa shape index (κ1) is 35.6. The molecule has 0 aliphatic carbocycles. The van der Waals surface area contributed by atoms with Crippen molar-refractivity contribution in [1.82, 2.24) is 19.5 Å². The molecule has 4 rings (SSSR count). The predicted molar refractivity (Wildman–Crippen MR) is 149 cm³/mol. The predicted octanol–water partition coefficient (Wildman–Crippen LogP) is 3.90. The van der Waals surface area contributed by atoms with Crippen LogP contribution in [-0.2, 0) is 31.6 Å². The van der Waals surface area contributed by atoms with Crippen LogP contribution < -0.4 is 5.32 Å². The highest BCUT2D eigenvalue weighted by atomic mass is 35.5. The van der Waals surface area contributed by atoms with Gasteiger partial charge in [-0.25, -0.2) is 28.1 Å². The number of nitrogens with one attached hydrogen (secondary N) is 1. The molecule has 0 amide bonds. The Morgan fingerprint density at radius 1 is 1.14 bits per heavy atom. The molecule has 2 fully saturated rings. The summed E-state index contributed by atoms with van der Waals surface area (Å²) in [7, 11) is -16.3. The zero-order valence-electron chi connectivity index (χ0n) is 21.4. The van der Waals surface area contributed by atoms with Crippen LogP contribution >= 0.6 is 69.7 Å². The summed E-state index contributed by atoms with van der Waals surface area (Å²) in [5.74, 6) is 0.475. The second kappa shape index (κ2) is 13.1. The number of halogens is 5. The Labute approximate surface area is 259 Å². The molecule has 2 aromatic rings. The third-order valence-corrected chi connectivity index (χ3v) is 16.5. The number of phosphoric acid groups is 1. The van der Waals surface area contributed by atoms with Crippen molar-refractivity contribution in [2.75, 3.05) is 36.2 Å². The Balaban J connectivity index is 1.56. The van der Waals surface area contributed by atoms with Crippen LogP contribution in [0.5, 0.6) is 0 Å². The zero-order chi connectivity index (χ0) is 32.0. The lowest BCUT2D eigenvalue weighted by atomic mass is 10.1. The highest BCUT2D eigenvalue weighted by molar-refractivity contribution is 7.99. The summed E-state index contributed by atoms with van der Waals surface area (Å²) in [5, 5.41) is 24.3. The third kappa shape index (κ3) is 7.68. The molecule has 0 spiro atoms. The molecule has 6 atom stereocenters. The van der Waals surface area contributed by atoms with Gasteiger partial charge in [-0.2, -0.15) is 24.9 Å². The number of aliphatic hydroxyl groups excluding tert-OH is 2. The topological polar surface area (TPSA) is 225 Å². The number of nitrogens with zero attached hydrogens (tertiary/aromatic N) is 4. The number of hydrogen-bond donors (Lipinski definition) is 5. The minimum Gasteiger partial charge on any atom is -0.387 e. The van der Waals surface area contributed by atoms with Gasteiger partial charge in [0.2, 0.25) is 0 Å². The number of aliphatic hydroxyl groups is 2. The smallest absolute Gasteiger partial charge is 0.387 e. The Morgan fingerprint density at radius 2 is 1.79 bits per heavy atom.